The lowest BCUT2D eigenvalue weighted by atomic mass is 9.89. The maximum atomic E-state index is 13.6. The van der Waals surface area contributed by atoms with E-state index in [2.05, 4.69) is 30.4 Å². The van der Waals surface area contributed by atoms with E-state index in [1.165, 1.54) is 53.8 Å². The van der Waals surface area contributed by atoms with E-state index in [9.17, 15) is 9.18 Å². The van der Waals surface area contributed by atoms with E-state index in [0.717, 1.165) is 12.8 Å². The third-order valence-corrected chi connectivity index (χ3v) is 5.95. The van der Waals surface area contributed by atoms with Crippen LogP contribution >= 0.6 is 11.8 Å². The van der Waals surface area contributed by atoms with Crippen molar-refractivity contribution >= 4 is 17.7 Å². The van der Waals surface area contributed by atoms with E-state index >= 15 is 0 Å². The minimum atomic E-state index is -0.207. The summed E-state index contributed by atoms with van der Waals surface area (Å²) < 4.78 is 13.6. The lowest BCUT2D eigenvalue weighted by Gasteiger charge is -2.21. The first kappa shape index (κ1) is 19.0. The van der Waals surface area contributed by atoms with Gasteiger partial charge in [-0.2, -0.15) is 0 Å². The molecule has 2 nitrogen and oxygen atoms in total. The monoisotopic (exact) mass is 371 g/mol. The fourth-order valence-corrected chi connectivity index (χ4v) is 4.32. The molecule has 2 aromatic rings. The van der Waals surface area contributed by atoms with Gasteiger partial charge in [0.1, 0.15) is 5.82 Å². The van der Waals surface area contributed by atoms with Crippen molar-refractivity contribution in [3.63, 3.8) is 0 Å². The Bertz CT molecular complexity index is 762. The number of carbonyl (C=O) groups excluding carboxylic acids is 1. The highest BCUT2D eigenvalue weighted by molar-refractivity contribution is 7.99. The summed E-state index contributed by atoms with van der Waals surface area (Å²) in [5.74, 6) is 0.655. The molecule has 1 N–H and O–H groups in total. The summed E-state index contributed by atoms with van der Waals surface area (Å²) in [4.78, 5) is 12.3. The molecule has 0 saturated heterocycles. The number of benzene rings is 2. The van der Waals surface area contributed by atoms with E-state index in [1.807, 2.05) is 6.07 Å². The summed E-state index contributed by atoms with van der Waals surface area (Å²) in [6.07, 6.45) is 5.71. The van der Waals surface area contributed by atoms with Gasteiger partial charge in [0.05, 0.1) is 11.8 Å². The van der Waals surface area contributed by atoms with Gasteiger partial charge in [0.15, 0.2) is 0 Å². The zero-order chi connectivity index (χ0) is 18.4. The summed E-state index contributed by atoms with van der Waals surface area (Å²) in [5, 5.41) is 3.14. The number of halogens is 1. The van der Waals surface area contributed by atoms with Crippen molar-refractivity contribution in [1.29, 1.82) is 0 Å². The van der Waals surface area contributed by atoms with Gasteiger partial charge in [0.2, 0.25) is 5.91 Å². The molecule has 2 aromatic carbocycles. The molecule has 0 radical (unpaired) electrons. The molecule has 0 spiro atoms. The van der Waals surface area contributed by atoms with E-state index in [0.29, 0.717) is 17.1 Å². The van der Waals surface area contributed by atoms with Crippen LogP contribution in [0.5, 0.6) is 0 Å². The Labute approximate surface area is 159 Å². The van der Waals surface area contributed by atoms with Crippen molar-refractivity contribution in [1.82, 2.24) is 5.32 Å². The second-order valence-electron chi connectivity index (χ2n) is 6.85. The van der Waals surface area contributed by atoms with Gasteiger partial charge in [-0.1, -0.05) is 43.3 Å². The number of nitrogens with one attached hydrogen (secondary N) is 1. The average Bonchev–Trinajstić information content (AvgIpc) is 2.67. The highest BCUT2D eigenvalue weighted by Crippen LogP contribution is 2.26. The van der Waals surface area contributed by atoms with Crippen LogP contribution in [0.1, 0.15) is 54.5 Å². The molecule has 26 heavy (non-hydrogen) atoms. The molecule has 1 amide bonds. The van der Waals surface area contributed by atoms with E-state index in [1.54, 1.807) is 12.1 Å². The van der Waals surface area contributed by atoms with Crippen LogP contribution in [0.2, 0.25) is 0 Å². The fraction of sp³-hybridized carbons (Fsp3) is 0.409. The molecule has 0 saturated carbocycles. The Kier molecular flexibility index (Phi) is 6.73. The molecule has 0 fully saturated rings. The van der Waals surface area contributed by atoms with Gasteiger partial charge < -0.3 is 5.32 Å². The maximum Gasteiger partial charge on any atom is 0.230 e. The van der Waals surface area contributed by atoms with Gasteiger partial charge in [-0.25, -0.2) is 4.39 Å². The van der Waals surface area contributed by atoms with Gasteiger partial charge in [0.25, 0.3) is 0 Å². The SMILES string of the molecule is CCC(NC(=O)CSCc1ccccc1F)c1ccc2c(c1)CCCC2. The fourth-order valence-electron chi connectivity index (χ4n) is 3.50. The molecule has 4 heteroatoms. The topological polar surface area (TPSA) is 29.1 Å². The number of aryl methyl sites for hydroxylation is 2. The summed E-state index contributed by atoms with van der Waals surface area (Å²) in [6.45, 7) is 2.09. The molecule has 138 valence electrons. The van der Waals surface area contributed by atoms with Crippen LogP contribution in [0.25, 0.3) is 0 Å². The molecule has 3 rings (SSSR count). The summed E-state index contributed by atoms with van der Waals surface area (Å²) in [5.41, 5.74) is 4.74. The van der Waals surface area contributed by atoms with Gasteiger partial charge >= 0.3 is 0 Å². The van der Waals surface area contributed by atoms with Crippen LogP contribution in [0.15, 0.2) is 42.5 Å². The third kappa shape index (κ3) is 4.88. The quantitative estimate of drug-likeness (QED) is 0.724. The Hall–Kier alpha value is -1.81. The number of hydrogen-bond donors (Lipinski definition) is 1. The third-order valence-electron chi connectivity index (χ3n) is 4.97. The molecule has 0 aliphatic heterocycles. The van der Waals surface area contributed by atoms with Crippen molar-refractivity contribution in [2.75, 3.05) is 5.75 Å². The number of carbonyl (C=O) groups is 1. The van der Waals surface area contributed by atoms with E-state index in [-0.39, 0.29) is 17.8 Å². The van der Waals surface area contributed by atoms with Crippen molar-refractivity contribution in [3.8, 4) is 0 Å². The van der Waals surface area contributed by atoms with Crippen LogP contribution in [-0.2, 0) is 23.4 Å². The Morgan fingerprint density at radius 3 is 2.69 bits per heavy atom. The largest absolute Gasteiger partial charge is 0.349 e. The zero-order valence-corrected chi connectivity index (χ0v) is 16.1. The molecule has 1 aliphatic carbocycles. The average molecular weight is 372 g/mol. The number of fused-ring (bicyclic) bond motifs is 1. The molecule has 1 aliphatic rings. The van der Waals surface area contributed by atoms with Gasteiger partial charge in [0, 0.05) is 5.75 Å². The first-order valence-corrected chi connectivity index (χ1v) is 10.5. The predicted molar refractivity (Wildman–Crippen MR) is 107 cm³/mol. The lowest BCUT2D eigenvalue weighted by molar-refractivity contribution is -0.119. The van der Waals surface area contributed by atoms with Crippen molar-refractivity contribution in [2.24, 2.45) is 0 Å². The van der Waals surface area contributed by atoms with Crippen LogP contribution in [0.4, 0.5) is 4.39 Å². The minimum Gasteiger partial charge on any atom is -0.349 e. The van der Waals surface area contributed by atoms with Crippen molar-refractivity contribution in [2.45, 2.75) is 50.8 Å². The van der Waals surface area contributed by atoms with Crippen LogP contribution < -0.4 is 5.32 Å². The normalized spacial score (nSPS) is 14.5. The molecular weight excluding hydrogens is 345 g/mol. The van der Waals surface area contributed by atoms with Crippen LogP contribution in [0, 0.1) is 5.82 Å². The standard InChI is InChI=1S/C22H26FNOS/c1-2-21(18-12-11-16-7-3-4-8-17(16)13-18)24-22(25)15-26-14-19-9-5-6-10-20(19)23/h5-6,9-13,21H,2-4,7-8,14-15H2,1H3,(H,24,25). The Morgan fingerprint density at radius 1 is 1.15 bits per heavy atom. The summed E-state index contributed by atoms with van der Waals surface area (Å²) in [6, 6.07) is 13.4. The Morgan fingerprint density at radius 2 is 1.92 bits per heavy atom. The number of amides is 1. The van der Waals surface area contributed by atoms with Gasteiger partial charge in [-0.15, -0.1) is 11.8 Å². The lowest BCUT2D eigenvalue weighted by Crippen LogP contribution is -2.29. The maximum absolute atomic E-state index is 13.6. The second kappa shape index (κ2) is 9.22. The molecule has 1 unspecified atom stereocenters. The number of hydrogen-bond acceptors (Lipinski definition) is 2. The van der Waals surface area contributed by atoms with Gasteiger partial charge in [-0.3, -0.25) is 4.79 Å². The zero-order valence-electron chi connectivity index (χ0n) is 15.3. The summed E-state index contributed by atoms with van der Waals surface area (Å²) in [7, 11) is 0. The second-order valence-corrected chi connectivity index (χ2v) is 7.83. The summed E-state index contributed by atoms with van der Waals surface area (Å²) >= 11 is 1.45. The molecular formula is C22H26FNOS. The van der Waals surface area contributed by atoms with E-state index < -0.39 is 0 Å². The van der Waals surface area contributed by atoms with E-state index in [4.69, 9.17) is 0 Å². The first-order valence-electron chi connectivity index (χ1n) is 9.39. The smallest absolute Gasteiger partial charge is 0.230 e. The van der Waals surface area contributed by atoms with Crippen molar-refractivity contribution < 1.29 is 9.18 Å². The molecule has 0 aromatic heterocycles. The molecule has 1 atom stereocenters. The van der Waals surface area contributed by atoms with Crippen LogP contribution in [0.3, 0.4) is 0 Å². The molecule has 0 heterocycles. The van der Waals surface area contributed by atoms with Crippen molar-refractivity contribution in [3.05, 3.63) is 70.5 Å². The number of rotatable bonds is 7. The highest BCUT2D eigenvalue weighted by atomic mass is 32.2. The van der Waals surface area contributed by atoms with Crippen LogP contribution in [-0.4, -0.2) is 11.7 Å². The number of thioether (sulfide) groups is 1. The van der Waals surface area contributed by atoms with Gasteiger partial charge in [-0.05, 0) is 60.4 Å². The highest BCUT2D eigenvalue weighted by Gasteiger charge is 2.16. The Balaban J connectivity index is 1.54. The predicted octanol–water partition coefficient (Wildman–Crippen LogP) is 5.21. The molecule has 0 bridgehead atoms. The minimum absolute atomic E-state index is 0.0101. The first-order chi connectivity index (χ1) is 12.7.